The quantitative estimate of drug-likeness (QED) is 0.346. The molecule has 30 valence electrons. The third kappa shape index (κ3) is 68.0. The molecule has 0 aliphatic heterocycles. The van der Waals surface area contributed by atoms with Crippen molar-refractivity contribution in [3.05, 3.63) is 0 Å². The fourth-order valence-electron chi connectivity index (χ4n) is 0. The number of rotatable bonds is 0. The SMILES string of the molecule is C[NH3+].O=[B-]=O. The molecule has 0 aromatic carbocycles. The second-order valence-electron chi connectivity index (χ2n) is 0.0962. The molecule has 0 heterocycles. The Hall–Kier alpha value is -0.375. The Morgan fingerprint density at radius 2 is 1.40 bits per heavy atom. The average Bonchev–Trinajstić information content (AvgIpc) is 1.46. The topological polar surface area (TPSA) is 61.8 Å². The van der Waals surface area contributed by atoms with E-state index >= 15 is 0 Å². The minimum absolute atomic E-state index is 0.500. The van der Waals surface area contributed by atoms with E-state index in [1.807, 2.05) is 0 Å². The molecule has 0 aromatic rings. The molecule has 0 amide bonds. The molecule has 0 atom stereocenters. The first kappa shape index (κ1) is 8.82. The molecule has 0 aliphatic carbocycles. The summed E-state index contributed by atoms with van der Waals surface area (Å²) in [6.45, 7) is 0. The summed E-state index contributed by atoms with van der Waals surface area (Å²) in [5, 5.41) is 0. The third-order valence-electron chi connectivity index (χ3n) is 0. The first-order chi connectivity index (χ1) is 2.41. The molecule has 3 N–H and O–H groups in total. The molecule has 4 heteroatoms. The number of hydrogen-bond acceptors (Lipinski definition) is 2. The molecule has 0 saturated heterocycles. The van der Waals surface area contributed by atoms with Crippen molar-refractivity contribution >= 4 is 7.02 Å². The second kappa shape index (κ2) is 64.0. The Labute approximate surface area is 30.4 Å². The van der Waals surface area contributed by atoms with Crippen molar-refractivity contribution in [1.82, 2.24) is 0 Å². The normalized spacial score (nSPS) is 2.80. The zero-order valence-electron chi connectivity index (χ0n) is 3.10. The molecule has 5 heavy (non-hydrogen) atoms. The summed E-state index contributed by atoms with van der Waals surface area (Å²) in [5.74, 6) is 0. The van der Waals surface area contributed by atoms with Crippen LogP contribution < -0.4 is 5.73 Å². The summed E-state index contributed by atoms with van der Waals surface area (Å²) in [6.07, 6.45) is 0. The van der Waals surface area contributed by atoms with Gasteiger partial charge in [0.2, 0.25) is 0 Å². The van der Waals surface area contributed by atoms with Crippen LogP contribution >= 0.6 is 0 Å². The van der Waals surface area contributed by atoms with Gasteiger partial charge < -0.3 is 5.73 Å². The molecule has 3 nitrogen and oxygen atoms in total. The van der Waals surface area contributed by atoms with Crippen LogP contribution in [0.2, 0.25) is 0 Å². The first-order valence-electron chi connectivity index (χ1n) is 1.18. The van der Waals surface area contributed by atoms with Gasteiger partial charge in [-0.15, -0.1) is 0 Å². The van der Waals surface area contributed by atoms with Crippen LogP contribution in [-0.4, -0.2) is 14.1 Å². The molecule has 0 bridgehead atoms. The van der Waals surface area contributed by atoms with Gasteiger partial charge in [-0.1, -0.05) is 0 Å². The van der Waals surface area contributed by atoms with E-state index < -0.39 is 7.02 Å². The van der Waals surface area contributed by atoms with Crippen LogP contribution in [0.4, 0.5) is 0 Å². The van der Waals surface area contributed by atoms with Crippen LogP contribution in [0.15, 0.2) is 0 Å². The number of quaternary nitrogens is 1. The Bertz CT molecular complexity index is 30.6. The van der Waals surface area contributed by atoms with Crippen LogP contribution in [0.1, 0.15) is 0 Å². The van der Waals surface area contributed by atoms with Gasteiger partial charge in [-0.05, 0) is 0 Å². The monoisotopic (exact) mass is 75.0 g/mol. The van der Waals surface area contributed by atoms with Gasteiger partial charge in [-0.2, -0.15) is 0 Å². The zero-order valence-corrected chi connectivity index (χ0v) is 3.10. The van der Waals surface area contributed by atoms with Crippen molar-refractivity contribution in [3.8, 4) is 0 Å². The van der Waals surface area contributed by atoms with Crippen LogP contribution in [0.3, 0.4) is 0 Å². The van der Waals surface area contributed by atoms with Crippen LogP contribution in [0.25, 0.3) is 0 Å². The molecule has 0 rings (SSSR count). The predicted octanol–water partition coefficient (Wildman–Crippen LogP) is -1.76. The van der Waals surface area contributed by atoms with Crippen molar-refractivity contribution in [2.75, 3.05) is 7.05 Å². The van der Waals surface area contributed by atoms with Gasteiger partial charge in [0.1, 0.15) is 0 Å². The molecule has 0 unspecified atom stereocenters. The van der Waals surface area contributed by atoms with E-state index in [1.54, 1.807) is 7.05 Å². The van der Waals surface area contributed by atoms with Crippen molar-refractivity contribution in [1.29, 1.82) is 0 Å². The third-order valence-corrected chi connectivity index (χ3v) is 0. The van der Waals surface area contributed by atoms with Crippen molar-refractivity contribution in [3.63, 3.8) is 0 Å². The van der Waals surface area contributed by atoms with E-state index in [0.717, 1.165) is 0 Å². The second-order valence-corrected chi connectivity index (χ2v) is 0.0962. The van der Waals surface area contributed by atoms with E-state index in [9.17, 15) is 0 Å². The summed E-state index contributed by atoms with van der Waals surface area (Å²) < 4.78 is 16.5. The Kier molecular flexibility index (Phi) is 113. The Balaban J connectivity index is 0. The van der Waals surface area contributed by atoms with E-state index in [2.05, 4.69) is 5.73 Å². The average molecular weight is 74.9 g/mol. The van der Waals surface area contributed by atoms with Gasteiger partial charge >= 0.3 is 16.4 Å². The fraction of sp³-hybridized carbons (Fsp3) is 1.00. The molecular formula is CH6BNO2. The van der Waals surface area contributed by atoms with Gasteiger partial charge in [0, 0.05) is 0 Å². The van der Waals surface area contributed by atoms with Crippen LogP contribution in [0, 0.1) is 0 Å². The maximum absolute atomic E-state index is 8.25. The van der Waals surface area contributed by atoms with Crippen molar-refractivity contribution in [2.45, 2.75) is 0 Å². The number of hydrogen-bond donors (Lipinski definition) is 1. The summed E-state index contributed by atoms with van der Waals surface area (Å²) in [5.41, 5.74) is 3.25. The Morgan fingerprint density at radius 1 is 1.40 bits per heavy atom. The van der Waals surface area contributed by atoms with Crippen molar-refractivity contribution in [2.24, 2.45) is 0 Å². The summed E-state index contributed by atoms with van der Waals surface area (Å²) in [6, 6.07) is 0. The van der Waals surface area contributed by atoms with Crippen LogP contribution in [0.5, 0.6) is 0 Å². The van der Waals surface area contributed by atoms with Gasteiger partial charge in [0.05, 0.1) is 7.05 Å². The van der Waals surface area contributed by atoms with E-state index in [1.165, 1.54) is 0 Å². The standard InChI is InChI=1S/CH5N.BO2/c1-2;2-1-3/h2H2,1H3;/q;-1/p+1. The molecule has 0 saturated carbocycles. The molecule has 0 spiro atoms. The fourth-order valence-corrected chi connectivity index (χ4v) is 0. The first-order valence-corrected chi connectivity index (χ1v) is 1.18. The maximum atomic E-state index is 8.25. The summed E-state index contributed by atoms with van der Waals surface area (Å²) in [7, 11) is 1.25. The molecule has 0 aliphatic rings. The van der Waals surface area contributed by atoms with Gasteiger partial charge in [0.15, 0.2) is 0 Å². The minimum atomic E-state index is -0.500. The Morgan fingerprint density at radius 3 is 1.40 bits per heavy atom. The molecule has 0 radical (unpaired) electrons. The van der Waals surface area contributed by atoms with Gasteiger partial charge in [-0.25, -0.2) is 0 Å². The van der Waals surface area contributed by atoms with E-state index in [-0.39, 0.29) is 0 Å². The molecular weight excluding hydrogens is 68.8 g/mol. The molecule has 0 fully saturated rings. The van der Waals surface area contributed by atoms with E-state index in [4.69, 9.17) is 9.41 Å². The van der Waals surface area contributed by atoms with Crippen LogP contribution in [-0.2, 0) is 9.41 Å². The zero-order chi connectivity index (χ0) is 4.71. The summed E-state index contributed by atoms with van der Waals surface area (Å²) in [4.78, 5) is 0. The molecule has 0 aromatic heterocycles. The summed E-state index contributed by atoms with van der Waals surface area (Å²) >= 11 is 0. The predicted molar refractivity (Wildman–Crippen MR) is 15.9 cm³/mol. The van der Waals surface area contributed by atoms with Gasteiger partial charge in [-0.3, -0.25) is 0 Å². The van der Waals surface area contributed by atoms with Crippen molar-refractivity contribution < 1.29 is 15.1 Å². The van der Waals surface area contributed by atoms with Gasteiger partial charge in [0.25, 0.3) is 0 Å². The van der Waals surface area contributed by atoms with E-state index in [0.29, 0.717) is 0 Å².